The average Bonchev–Trinajstić information content (AvgIpc) is 2.50. The zero-order chi connectivity index (χ0) is 15.2. The largest absolute Gasteiger partial charge is 0.330 e. The third-order valence-electron chi connectivity index (χ3n) is 4.22. The SMILES string of the molecule is Cc1ccc(N(CCCN)C(=O)N2CCC(C)CC2)cc1. The van der Waals surface area contributed by atoms with Gasteiger partial charge in [0.25, 0.3) is 0 Å². The first kappa shape index (κ1) is 15.8. The van der Waals surface area contributed by atoms with Crippen LogP contribution in [0.2, 0.25) is 0 Å². The Kier molecular flexibility index (Phi) is 5.62. The topological polar surface area (TPSA) is 49.6 Å². The molecule has 1 saturated heterocycles. The van der Waals surface area contributed by atoms with E-state index in [1.807, 2.05) is 21.9 Å². The van der Waals surface area contributed by atoms with Crippen LogP contribution < -0.4 is 10.6 Å². The van der Waals surface area contributed by atoms with Crippen LogP contribution in [0, 0.1) is 12.8 Å². The van der Waals surface area contributed by atoms with Gasteiger partial charge in [-0.2, -0.15) is 0 Å². The third-order valence-corrected chi connectivity index (χ3v) is 4.22. The van der Waals surface area contributed by atoms with Gasteiger partial charge in [-0.3, -0.25) is 4.90 Å². The Morgan fingerprint density at radius 1 is 1.29 bits per heavy atom. The molecule has 0 aromatic heterocycles. The summed E-state index contributed by atoms with van der Waals surface area (Å²) in [5, 5.41) is 0. The van der Waals surface area contributed by atoms with E-state index >= 15 is 0 Å². The van der Waals surface area contributed by atoms with Crippen molar-refractivity contribution in [1.82, 2.24) is 4.90 Å². The molecule has 0 radical (unpaired) electrons. The highest BCUT2D eigenvalue weighted by Gasteiger charge is 2.25. The van der Waals surface area contributed by atoms with Gasteiger partial charge >= 0.3 is 6.03 Å². The molecule has 2 rings (SSSR count). The smallest absolute Gasteiger partial charge is 0.324 e. The van der Waals surface area contributed by atoms with E-state index in [0.717, 1.165) is 44.0 Å². The molecular formula is C17H27N3O. The van der Waals surface area contributed by atoms with E-state index in [9.17, 15) is 4.79 Å². The summed E-state index contributed by atoms with van der Waals surface area (Å²) in [5.41, 5.74) is 7.80. The second-order valence-corrected chi connectivity index (χ2v) is 6.08. The minimum atomic E-state index is 0.124. The van der Waals surface area contributed by atoms with E-state index in [-0.39, 0.29) is 6.03 Å². The van der Waals surface area contributed by atoms with E-state index in [1.165, 1.54) is 5.56 Å². The van der Waals surface area contributed by atoms with Gasteiger partial charge in [-0.1, -0.05) is 24.6 Å². The summed E-state index contributed by atoms with van der Waals surface area (Å²) in [4.78, 5) is 16.7. The maximum atomic E-state index is 12.8. The van der Waals surface area contributed by atoms with E-state index in [4.69, 9.17) is 5.73 Å². The number of aryl methyl sites for hydroxylation is 1. The van der Waals surface area contributed by atoms with Crippen molar-refractivity contribution in [2.45, 2.75) is 33.1 Å². The predicted octanol–water partition coefficient (Wildman–Crippen LogP) is 3.00. The van der Waals surface area contributed by atoms with Gasteiger partial charge in [0, 0.05) is 25.3 Å². The number of hydrogen-bond acceptors (Lipinski definition) is 2. The molecule has 4 nitrogen and oxygen atoms in total. The number of carbonyl (C=O) groups is 1. The zero-order valence-electron chi connectivity index (χ0n) is 13.2. The highest BCUT2D eigenvalue weighted by atomic mass is 16.2. The van der Waals surface area contributed by atoms with Crippen molar-refractivity contribution in [1.29, 1.82) is 0 Å². The highest BCUT2D eigenvalue weighted by Crippen LogP contribution is 2.21. The number of likely N-dealkylation sites (tertiary alicyclic amines) is 1. The molecule has 0 spiro atoms. The van der Waals surface area contributed by atoms with Gasteiger partial charge < -0.3 is 10.6 Å². The Bertz CT molecular complexity index is 450. The Labute approximate surface area is 127 Å². The summed E-state index contributed by atoms with van der Waals surface area (Å²) in [6.45, 7) is 7.34. The van der Waals surface area contributed by atoms with Crippen molar-refractivity contribution >= 4 is 11.7 Å². The number of nitrogens with zero attached hydrogens (tertiary/aromatic N) is 2. The van der Waals surface area contributed by atoms with Crippen LogP contribution in [0.1, 0.15) is 31.7 Å². The minimum absolute atomic E-state index is 0.124. The van der Waals surface area contributed by atoms with Crippen molar-refractivity contribution in [2.75, 3.05) is 31.1 Å². The maximum Gasteiger partial charge on any atom is 0.324 e. The van der Waals surface area contributed by atoms with Crippen LogP contribution >= 0.6 is 0 Å². The van der Waals surface area contributed by atoms with Crippen molar-refractivity contribution in [3.8, 4) is 0 Å². The second kappa shape index (κ2) is 7.46. The standard InChI is InChI=1S/C17H27N3O/c1-14-4-6-16(7-5-14)20(11-3-10-18)17(21)19-12-8-15(2)9-13-19/h4-7,15H,3,8-13,18H2,1-2H3. The molecule has 0 atom stereocenters. The highest BCUT2D eigenvalue weighted by molar-refractivity contribution is 5.92. The maximum absolute atomic E-state index is 12.8. The molecule has 1 heterocycles. The Morgan fingerprint density at radius 2 is 1.90 bits per heavy atom. The summed E-state index contributed by atoms with van der Waals surface area (Å²) in [5.74, 6) is 0.728. The Hall–Kier alpha value is -1.55. The van der Waals surface area contributed by atoms with Crippen LogP contribution in [0.25, 0.3) is 0 Å². The lowest BCUT2D eigenvalue weighted by Crippen LogP contribution is -2.47. The quantitative estimate of drug-likeness (QED) is 0.926. The average molecular weight is 289 g/mol. The molecule has 0 bridgehead atoms. The molecule has 21 heavy (non-hydrogen) atoms. The van der Waals surface area contributed by atoms with Gasteiger partial charge in [-0.25, -0.2) is 4.79 Å². The fourth-order valence-electron chi connectivity index (χ4n) is 2.68. The molecule has 1 aliphatic rings. The molecular weight excluding hydrogens is 262 g/mol. The number of nitrogens with two attached hydrogens (primary N) is 1. The third kappa shape index (κ3) is 4.21. The van der Waals surface area contributed by atoms with Crippen molar-refractivity contribution in [3.05, 3.63) is 29.8 Å². The minimum Gasteiger partial charge on any atom is -0.330 e. The molecule has 1 fully saturated rings. The number of amides is 2. The monoisotopic (exact) mass is 289 g/mol. The number of hydrogen-bond donors (Lipinski definition) is 1. The van der Waals surface area contributed by atoms with Crippen molar-refractivity contribution in [3.63, 3.8) is 0 Å². The lowest BCUT2D eigenvalue weighted by atomic mass is 9.99. The van der Waals surface area contributed by atoms with Gasteiger partial charge in [-0.15, -0.1) is 0 Å². The molecule has 0 saturated carbocycles. The van der Waals surface area contributed by atoms with Crippen LogP contribution in [0.15, 0.2) is 24.3 Å². The molecule has 0 aliphatic carbocycles. The molecule has 1 aliphatic heterocycles. The lowest BCUT2D eigenvalue weighted by Gasteiger charge is -2.35. The summed E-state index contributed by atoms with van der Waals surface area (Å²) >= 11 is 0. The summed E-state index contributed by atoms with van der Waals surface area (Å²) in [6, 6.07) is 8.28. The second-order valence-electron chi connectivity index (χ2n) is 6.08. The number of rotatable bonds is 4. The van der Waals surface area contributed by atoms with E-state index in [1.54, 1.807) is 0 Å². The normalized spacial score (nSPS) is 16.0. The predicted molar refractivity (Wildman–Crippen MR) is 87.6 cm³/mol. The molecule has 1 aromatic carbocycles. The molecule has 0 unspecified atom stereocenters. The van der Waals surface area contributed by atoms with E-state index in [2.05, 4.69) is 26.0 Å². The van der Waals surface area contributed by atoms with Gasteiger partial charge in [0.05, 0.1) is 0 Å². The fourth-order valence-corrected chi connectivity index (χ4v) is 2.68. The van der Waals surface area contributed by atoms with Crippen LogP contribution in [0.3, 0.4) is 0 Å². The van der Waals surface area contributed by atoms with Crippen LogP contribution in [-0.4, -0.2) is 37.1 Å². The number of anilines is 1. The summed E-state index contributed by atoms with van der Waals surface area (Å²) < 4.78 is 0. The first-order valence-electron chi connectivity index (χ1n) is 7.95. The van der Waals surface area contributed by atoms with Crippen LogP contribution in [0.5, 0.6) is 0 Å². The molecule has 2 amide bonds. The molecule has 4 heteroatoms. The number of piperidine rings is 1. The Morgan fingerprint density at radius 3 is 2.48 bits per heavy atom. The van der Waals surface area contributed by atoms with Crippen LogP contribution in [-0.2, 0) is 0 Å². The summed E-state index contributed by atoms with van der Waals surface area (Å²) in [6.07, 6.45) is 3.03. The number of urea groups is 1. The van der Waals surface area contributed by atoms with Crippen LogP contribution in [0.4, 0.5) is 10.5 Å². The van der Waals surface area contributed by atoms with Crippen molar-refractivity contribution in [2.24, 2.45) is 11.7 Å². The molecule has 2 N–H and O–H groups in total. The zero-order valence-corrected chi connectivity index (χ0v) is 13.2. The van der Waals surface area contributed by atoms with Gasteiger partial charge in [0.1, 0.15) is 0 Å². The fraction of sp³-hybridized carbons (Fsp3) is 0.588. The van der Waals surface area contributed by atoms with E-state index in [0.29, 0.717) is 13.1 Å². The number of benzene rings is 1. The first-order valence-corrected chi connectivity index (χ1v) is 7.95. The van der Waals surface area contributed by atoms with Gasteiger partial charge in [0.2, 0.25) is 0 Å². The summed E-state index contributed by atoms with van der Waals surface area (Å²) in [7, 11) is 0. The molecule has 1 aromatic rings. The number of carbonyl (C=O) groups excluding carboxylic acids is 1. The molecule has 116 valence electrons. The van der Waals surface area contributed by atoms with Crippen molar-refractivity contribution < 1.29 is 4.79 Å². The lowest BCUT2D eigenvalue weighted by molar-refractivity contribution is 0.180. The van der Waals surface area contributed by atoms with Gasteiger partial charge in [-0.05, 0) is 50.8 Å². The first-order chi connectivity index (χ1) is 10.1. The van der Waals surface area contributed by atoms with Gasteiger partial charge in [0.15, 0.2) is 0 Å². The Balaban J connectivity index is 2.11. The van der Waals surface area contributed by atoms with E-state index < -0.39 is 0 Å².